The fraction of sp³-hybridized carbons (Fsp3) is 0.148. The summed E-state index contributed by atoms with van der Waals surface area (Å²) >= 11 is 0. The summed E-state index contributed by atoms with van der Waals surface area (Å²) in [5.74, 6) is -0.127. The molecule has 9 nitrogen and oxygen atoms in total. The number of carbonyl (C=O) groups is 1. The highest BCUT2D eigenvalue weighted by atomic mass is 32.2. The fourth-order valence-electron chi connectivity index (χ4n) is 4.30. The van der Waals surface area contributed by atoms with Gasteiger partial charge in [0.05, 0.1) is 35.2 Å². The van der Waals surface area contributed by atoms with Crippen LogP contribution in [0, 0.1) is 0 Å². The van der Waals surface area contributed by atoms with E-state index in [2.05, 4.69) is 15.5 Å². The molecule has 4 aromatic rings. The summed E-state index contributed by atoms with van der Waals surface area (Å²) in [5.41, 5.74) is 0.268. The molecule has 0 atom stereocenters. The van der Waals surface area contributed by atoms with Crippen LogP contribution in [0.1, 0.15) is 5.69 Å². The highest BCUT2D eigenvalue weighted by Crippen LogP contribution is 2.29. The zero-order valence-corrected chi connectivity index (χ0v) is 20.8. The molecule has 0 spiro atoms. The first-order valence-electron chi connectivity index (χ1n) is 11.6. The molecule has 0 saturated carbocycles. The second-order valence-corrected chi connectivity index (χ2v) is 10.4. The van der Waals surface area contributed by atoms with Crippen molar-refractivity contribution < 1.29 is 17.9 Å². The molecule has 1 amide bonds. The van der Waals surface area contributed by atoms with Gasteiger partial charge >= 0.3 is 0 Å². The number of methoxy groups -OCH3 is 1. The largest absolute Gasteiger partial charge is 0.495 e. The third kappa shape index (κ3) is 4.89. The van der Waals surface area contributed by atoms with E-state index in [1.165, 1.54) is 29.6 Å². The quantitative estimate of drug-likeness (QED) is 0.399. The van der Waals surface area contributed by atoms with E-state index in [1.54, 1.807) is 24.3 Å². The number of benzene rings is 3. The van der Waals surface area contributed by atoms with Crippen molar-refractivity contribution in [3.63, 3.8) is 0 Å². The van der Waals surface area contributed by atoms with Gasteiger partial charge in [0.2, 0.25) is 15.9 Å². The molecule has 0 bridgehead atoms. The van der Waals surface area contributed by atoms with E-state index in [-0.39, 0.29) is 35.7 Å². The first-order valence-corrected chi connectivity index (χ1v) is 13.0. The summed E-state index contributed by atoms with van der Waals surface area (Å²) < 4.78 is 33.7. The zero-order chi connectivity index (χ0) is 26.0. The molecule has 0 fully saturated rings. The summed E-state index contributed by atoms with van der Waals surface area (Å²) in [5, 5.41) is 12.1. The van der Waals surface area contributed by atoms with Crippen molar-refractivity contribution in [2.45, 2.75) is 11.3 Å². The number of nitrogens with zero attached hydrogens (tertiary/aromatic N) is 2. The van der Waals surface area contributed by atoms with Crippen molar-refractivity contribution in [1.29, 1.82) is 0 Å². The van der Waals surface area contributed by atoms with Crippen LogP contribution in [0.3, 0.4) is 0 Å². The lowest BCUT2D eigenvalue weighted by atomic mass is 10.1. The van der Waals surface area contributed by atoms with Crippen LogP contribution in [-0.4, -0.2) is 49.0 Å². The zero-order valence-electron chi connectivity index (χ0n) is 20.0. The molecule has 2 N–H and O–H groups in total. The van der Waals surface area contributed by atoms with Crippen LogP contribution in [0.4, 0.5) is 5.69 Å². The lowest BCUT2D eigenvalue weighted by Crippen LogP contribution is -2.31. The molecule has 0 radical (unpaired) electrons. The van der Waals surface area contributed by atoms with E-state index < -0.39 is 15.9 Å². The number of carbonyl (C=O) groups excluding carboxylic acids is 1. The van der Waals surface area contributed by atoms with Gasteiger partial charge in [-0.05, 0) is 34.7 Å². The first-order chi connectivity index (χ1) is 17.9. The molecular weight excluding hydrogens is 492 g/mol. The normalized spacial score (nSPS) is 13.6. The Morgan fingerprint density at radius 3 is 2.32 bits per heavy atom. The van der Waals surface area contributed by atoms with Crippen LogP contribution in [-0.2, 0) is 21.2 Å². The number of hydrogen-bond donors (Lipinski definition) is 2. The number of aromatic nitrogens is 2. The maximum Gasteiger partial charge on any atom is 0.272 e. The van der Waals surface area contributed by atoms with Crippen molar-refractivity contribution >= 4 is 44.5 Å². The molecule has 188 valence electrons. The fourth-order valence-corrected chi connectivity index (χ4v) is 5.65. The van der Waals surface area contributed by atoms with Crippen LogP contribution in [0.15, 0.2) is 76.4 Å². The SMILES string of the molecule is COc1ccc(S(=O)(=O)N2CC=c3ccccc3=CC2)cc1NC(=O)Cc1n[nH]c(=O)c2ccccc12. The van der Waals surface area contributed by atoms with Gasteiger partial charge in [0.15, 0.2) is 0 Å². The number of ether oxygens (including phenoxy) is 1. The van der Waals surface area contributed by atoms with Gasteiger partial charge in [0, 0.05) is 18.5 Å². The Kier molecular flexibility index (Phi) is 6.60. The van der Waals surface area contributed by atoms with Crippen LogP contribution in [0.2, 0.25) is 0 Å². The van der Waals surface area contributed by atoms with E-state index >= 15 is 0 Å². The average Bonchev–Trinajstić information content (AvgIpc) is 3.14. The molecule has 0 unspecified atom stereocenters. The standard InChI is InChI=1S/C27H24N4O5S/c1-36-25-11-10-20(37(34,35)31-14-12-18-6-2-3-7-19(18)13-15-31)16-24(25)28-26(32)17-23-21-8-4-5-9-22(21)27(33)30-29-23/h2-13,16H,14-15,17H2,1H3,(H,28,32)(H,30,33). The Morgan fingerprint density at radius 1 is 1.00 bits per heavy atom. The molecule has 1 aromatic heterocycles. The number of rotatable bonds is 6. The van der Waals surface area contributed by atoms with Crippen molar-refractivity contribution in [3.05, 3.63) is 93.2 Å². The topological polar surface area (TPSA) is 121 Å². The maximum atomic E-state index is 13.5. The van der Waals surface area contributed by atoms with Crippen LogP contribution in [0.25, 0.3) is 22.9 Å². The van der Waals surface area contributed by atoms with E-state index in [0.29, 0.717) is 22.2 Å². The van der Waals surface area contributed by atoms with E-state index in [1.807, 2.05) is 36.4 Å². The highest BCUT2D eigenvalue weighted by Gasteiger charge is 2.25. The highest BCUT2D eigenvalue weighted by molar-refractivity contribution is 7.89. The molecule has 0 saturated heterocycles. The van der Waals surface area contributed by atoms with Crippen molar-refractivity contribution in [2.75, 3.05) is 25.5 Å². The molecule has 3 aromatic carbocycles. The molecule has 10 heteroatoms. The first kappa shape index (κ1) is 24.4. The van der Waals surface area contributed by atoms with Gasteiger partial charge in [0.25, 0.3) is 5.56 Å². The molecule has 1 aliphatic heterocycles. The molecule has 1 aliphatic rings. The number of fused-ring (bicyclic) bond motifs is 2. The molecule has 5 rings (SSSR count). The van der Waals surface area contributed by atoms with Gasteiger partial charge in [-0.3, -0.25) is 9.59 Å². The molecule has 0 aliphatic carbocycles. The number of hydrogen-bond acceptors (Lipinski definition) is 6. The Hall–Kier alpha value is -4.28. The Labute approximate surface area is 212 Å². The summed E-state index contributed by atoms with van der Waals surface area (Å²) in [6.07, 6.45) is 3.62. The van der Waals surface area contributed by atoms with E-state index in [0.717, 1.165) is 10.4 Å². The van der Waals surface area contributed by atoms with E-state index in [4.69, 9.17) is 4.74 Å². The second kappa shape index (κ2) is 10.00. The van der Waals surface area contributed by atoms with Gasteiger partial charge in [0.1, 0.15) is 5.75 Å². The van der Waals surface area contributed by atoms with Crippen LogP contribution >= 0.6 is 0 Å². The molecular formula is C27H24N4O5S. The average molecular weight is 517 g/mol. The number of H-pyrrole nitrogens is 1. The molecule has 2 heterocycles. The Bertz CT molecular complexity index is 1760. The van der Waals surface area contributed by atoms with Gasteiger partial charge in [-0.15, -0.1) is 0 Å². The number of sulfonamides is 1. The van der Waals surface area contributed by atoms with Crippen molar-refractivity contribution in [1.82, 2.24) is 14.5 Å². The maximum absolute atomic E-state index is 13.5. The van der Waals surface area contributed by atoms with Crippen LogP contribution < -0.4 is 26.1 Å². The third-order valence-corrected chi connectivity index (χ3v) is 8.04. The Balaban J connectivity index is 1.41. The summed E-state index contributed by atoms with van der Waals surface area (Å²) in [4.78, 5) is 25.0. The predicted molar refractivity (Wildman–Crippen MR) is 141 cm³/mol. The number of aromatic amines is 1. The minimum absolute atomic E-state index is 0.0315. The second-order valence-electron chi connectivity index (χ2n) is 8.49. The Morgan fingerprint density at radius 2 is 1.65 bits per heavy atom. The monoisotopic (exact) mass is 516 g/mol. The summed E-state index contributed by atoms with van der Waals surface area (Å²) in [6, 6.07) is 19.0. The summed E-state index contributed by atoms with van der Waals surface area (Å²) in [6.45, 7) is 0.434. The van der Waals surface area contributed by atoms with Crippen LogP contribution in [0.5, 0.6) is 5.75 Å². The smallest absolute Gasteiger partial charge is 0.272 e. The number of nitrogens with one attached hydrogen (secondary N) is 2. The van der Waals surface area contributed by atoms with Crippen molar-refractivity contribution in [2.24, 2.45) is 0 Å². The van der Waals surface area contributed by atoms with Gasteiger partial charge in [-0.1, -0.05) is 54.6 Å². The van der Waals surface area contributed by atoms with Gasteiger partial charge in [-0.25, -0.2) is 13.5 Å². The lowest BCUT2D eigenvalue weighted by molar-refractivity contribution is -0.115. The minimum atomic E-state index is -3.87. The lowest BCUT2D eigenvalue weighted by Gasteiger charge is -2.20. The van der Waals surface area contributed by atoms with Crippen molar-refractivity contribution in [3.8, 4) is 5.75 Å². The predicted octanol–water partition coefficient (Wildman–Crippen LogP) is 1.38. The minimum Gasteiger partial charge on any atom is -0.495 e. The molecule has 37 heavy (non-hydrogen) atoms. The van der Waals surface area contributed by atoms with E-state index in [9.17, 15) is 18.0 Å². The number of anilines is 1. The van der Waals surface area contributed by atoms with Gasteiger partial charge in [-0.2, -0.15) is 9.40 Å². The third-order valence-electron chi connectivity index (χ3n) is 6.21. The van der Waals surface area contributed by atoms with Gasteiger partial charge < -0.3 is 10.1 Å². The summed E-state index contributed by atoms with van der Waals surface area (Å²) in [7, 11) is -2.43. The number of amides is 1.